The zero-order chi connectivity index (χ0) is 20.1. The summed E-state index contributed by atoms with van der Waals surface area (Å²) >= 11 is 0. The van der Waals surface area contributed by atoms with Crippen LogP contribution in [0.15, 0.2) is 51.6 Å². The molecule has 1 aromatic carbocycles. The van der Waals surface area contributed by atoms with Crippen LogP contribution in [0.4, 0.5) is 0 Å². The standard InChI is InChI=1S/C22H26N4O3/c1-16-6-8-17(9-7-16)22-24-21(29-25-22)11-10-20(27)23-15-18(19-5-4-14-28-19)26-12-2-3-13-26/h4-9,14,18H,2-3,10-13,15H2,1H3,(H,23,27)/t18-/m0/s1. The molecular formula is C22H26N4O3. The molecule has 0 spiro atoms. The van der Waals surface area contributed by atoms with Crippen LogP contribution in [-0.4, -0.2) is 40.6 Å². The lowest BCUT2D eigenvalue weighted by atomic mass is 10.1. The number of furan rings is 1. The maximum absolute atomic E-state index is 12.4. The van der Waals surface area contributed by atoms with Crippen LogP contribution in [0.2, 0.25) is 0 Å². The second-order valence-corrected chi connectivity index (χ2v) is 7.46. The monoisotopic (exact) mass is 394 g/mol. The number of amides is 1. The van der Waals surface area contributed by atoms with Crippen molar-refractivity contribution in [2.45, 2.75) is 38.6 Å². The second kappa shape index (κ2) is 9.05. The second-order valence-electron chi connectivity index (χ2n) is 7.46. The van der Waals surface area contributed by atoms with Gasteiger partial charge in [-0.3, -0.25) is 9.69 Å². The molecule has 1 atom stereocenters. The van der Waals surface area contributed by atoms with Crippen molar-refractivity contribution in [1.29, 1.82) is 0 Å². The van der Waals surface area contributed by atoms with Gasteiger partial charge in [-0.15, -0.1) is 0 Å². The third-order valence-corrected chi connectivity index (χ3v) is 5.29. The van der Waals surface area contributed by atoms with E-state index in [4.69, 9.17) is 8.94 Å². The molecule has 0 saturated carbocycles. The first kappa shape index (κ1) is 19.4. The molecule has 3 aromatic rings. The van der Waals surface area contributed by atoms with Gasteiger partial charge in [0.1, 0.15) is 5.76 Å². The Bertz CT molecular complexity index is 912. The topological polar surface area (TPSA) is 84.4 Å². The molecule has 152 valence electrons. The molecule has 1 fully saturated rings. The summed E-state index contributed by atoms with van der Waals surface area (Å²) < 4.78 is 10.9. The Hall–Kier alpha value is -2.93. The molecule has 7 heteroatoms. The molecule has 1 saturated heterocycles. The number of hydrogen-bond acceptors (Lipinski definition) is 6. The first-order valence-corrected chi connectivity index (χ1v) is 10.1. The number of hydrogen-bond donors (Lipinski definition) is 1. The van der Waals surface area contributed by atoms with Crippen LogP contribution in [0.1, 0.15) is 42.5 Å². The predicted molar refractivity (Wildman–Crippen MR) is 108 cm³/mol. The number of likely N-dealkylation sites (tertiary alicyclic amines) is 1. The number of carbonyl (C=O) groups is 1. The number of carbonyl (C=O) groups excluding carboxylic acids is 1. The molecule has 2 aromatic heterocycles. The first-order valence-electron chi connectivity index (χ1n) is 10.1. The summed E-state index contributed by atoms with van der Waals surface area (Å²) in [6.45, 7) is 4.63. The zero-order valence-corrected chi connectivity index (χ0v) is 16.6. The number of nitrogens with zero attached hydrogens (tertiary/aromatic N) is 3. The van der Waals surface area contributed by atoms with E-state index in [2.05, 4.69) is 20.4 Å². The summed E-state index contributed by atoms with van der Waals surface area (Å²) in [6, 6.07) is 11.9. The van der Waals surface area contributed by atoms with E-state index in [1.165, 1.54) is 18.4 Å². The Balaban J connectivity index is 1.29. The third kappa shape index (κ3) is 4.92. The maximum Gasteiger partial charge on any atom is 0.227 e. The molecule has 1 N–H and O–H groups in total. The third-order valence-electron chi connectivity index (χ3n) is 5.29. The van der Waals surface area contributed by atoms with Crippen LogP contribution in [-0.2, 0) is 11.2 Å². The smallest absolute Gasteiger partial charge is 0.227 e. The highest BCUT2D eigenvalue weighted by molar-refractivity contribution is 5.76. The largest absolute Gasteiger partial charge is 0.468 e. The minimum atomic E-state index is -0.0316. The van der Waals surface area contributed by atoms with Crippen LogP contribution < -0.4 is 5.32 Å². The molecule has 0 aliphatic carbocycles. The minimum Gasteiger partial charge on any atom is -0.468 e. The van der Waals surface area contributed by atoms with E-state index in [0.717, 1.165) is 24.4 Å². The number of aromatic nitrogens is 2. The highest BCUT2D eigenvalue weighted by Crippen LogP contribution is 2.25. The van der Waals surface area contributed by atoms with Gasteiger partial charge in [0.2, 0.25) is 17.6 Å². The summed E-state index contributed by atoms with van der Waals surface area (Å²) in [4.78, 5) is 19.1. The fourth-order valence-electron chi connectivity index (χ4n) is 3.64. The van der Waals surface area contributed by atoms with Crippen molar-refractivity contribution in [3.05, 3.63) is 59.9 Å². The van der Waals surface area contributed by atoms with Crippen molar-refractivity contribution in [1.82, 2.24) is 20.4 Å². The molecule has 7 nitrogen and oxygen atoms in total. The number of benzene rings is 1. The van der Waals surface area contributed by atoms with Crippen LogP contribution >= 0.6 is 0 Å². The van der Waals surface area contributed by atoms with E-state index in [1.807, 2.05) is 43.3 Å². The molecule has 29 heavy (non-hydrogen) atoms. The maximum atomic E-state index is 12.4. The number of rotatable bonds is 8. The molecule has 0 bridgehead atoms. The van der Waals surface area contributed by atoms with Crippen LogP contribution in [0.3, 0.4) is 0 Å². The zero-order valence-electron chi connectivity index (χ0n) is 16.6. The first-order chi connectivity index (χ1) is 14.2. The molecule has 1 amide bonds. The van der Waals surface area contributed by atoms with Gasteiger partial charge in [-0.05, 0) is 45.0 Å². The highest BCUT2D eigenvalue weighted by Gasteiger charge is 2.26. The number of aryl methyl sites for hydroxylation is 2. The quantitative estimate of drug-likeness (QED) is 0.629. The van der Waals surface area contributed by atoms with Crippen molar-refractivity contribution in [2.24, 2.45) is 0 Å². The fourth-order valence-corrected chi connectivity index (χ4v) is 3.64. The van der Waals surface area contributed by atoms with Crippen LogP contribution in [0, 0.1) is 6.92 Å². The predicted octanol–water partition coefficient (Wildman–Crippen LogP) is 3.52. The van der Waals surface area contributed by atoms with Crippen molar-refractivity contribution in [3.8, 4) is 11.4 Å². The lowest BCUT2D eigenvalue weighted by molar-refractivity contribution is -0.121. The average molecular weight is 394 g/mol. The Morgan fingerprint density at radius 3 is 2.72 bits per heavy atom. The summed E-state index contributed by atoms with van der Waals surface area (Å²) in [7, 11) is 0. The lowest BCUT2D eigenvalue weighted by Gasteiger charge is -2.25. The Kier molecular flexibility index (Phi) is 6.05. The van der Waals surface area contributed by atoms with Crippen LogP contribution in [0.25, 0.3) is 11.4 Å². The van der Waals surface area contributed by atoms with Gasteiger partial charge in [0, 0.05) is 24.9 Å². The molecule has 3 heterocycles. The van der Waals surface area contributed by atoms with Gasteiger partial charge in [-0.1, -0.05) is 35.0 Å². The van der Waals surface area contributed by atoms with E-state index in [1.54, 1.807) is 6.26 Å². The normalized spacial score (nSPS) is 15.5. The van der Waals surface area contributed by atoms with Gasteiger partial charge < -0.3 is 14.3 Å². The van der Waals surface area contributed by atoms with Gasteiger partial charge >= 0.3 is 0 Å². The van der Waals surface area contributed by atoms with Crippen LogP contribution in [0.5, 0.6) is 0 Å². The Morgan fingerprint density at radius 1 is 1.21 bits per heavy atom. The van der Waals surface area contributed by atoms with E-state index in [9.17, 15) is 4.79 Å². The van der Waals surface area contributed by atoms with Crippen molar-refractivity contribution < 1.29 is 13.7 Å². The van der Waals surface area contributed by atoms with E-state index in [-0.39, 0.29) is 11.9 Å². The molecular weight excluding hydrogens is 368 g/mol. The van der Waals surface area contributed by atoms with Crippen molar-refractivity contribution in [2.75, 3.05) is 19.6 Å². The van der Waals surface area contributed by atoms with Gasteiger partial charge in [-0.2, -0.15) is 4.98 Å². The SMILES string of the molecule is Cc1ccc(-c2noc(CCC(=O)NC[C@@H](c3ccco3)N3CCCC3)n2)cc1. The molecule has 1 aliphatic rings. The molecule has 4 rings (SSSR count). The lowest BCUT2D eigenvalue weighted by Crippen LogP contribution is -2.36. The average Bonchev–Trinajstić information content (AvgIpc) is 3.50. The number of nitrogens with one attached hydrogen (secondary N) is 1. The minimum absolute atomic E-state index is 0.0316. The Morgan fingerprint density at radius 2 is 2.00 bits per heavy atom. The molecule has 0 radical (unpaired) electrons. The summed E-state index contributed by atoms with van der Waals surface area (Å²) in [6.07, 6.45) is 4.78. The summed E-state index contributed by atoms with van der Waals surface area (Å²) in [5.41, 5.74) is 2.08. The van der Waals surface area contributed by atoms with Gasteiger partial charge in [0.25, 0.3) is 0 Å². The molecule has 1 aliphatic heterocycles. The summed E-state index contributed by atoms with van der Waals surface area (Å²) in [5, 5.41) is 7.05. The van der Waals surface area contributed by atoms with E-state index in [0.29, 0.717) is 31.1 Å². The van der Waals surface area contributed by atoms with Gasteiger partial charge in [-0.25, -0.2) is 0 Å². The fraction of sp³-hybridized carbons (Fsp3) is 0.409. The van der Waals surface area contributed by atoms with Crippen molar-refractivity contribution in [3.63, 3.8) is 0 Å². The molecule has 0 unspecified atom stereocenters. The summed E-state index contributed by atoms with van der Waals surface area (Å²) in [5.74, 6) is 1.88. The van der Waals surface area contributed by atoms with Gasteiger partial charge in [0.05, 0.1) is 12.3 Å². The van der Waals surface area contributed by atoms with Crippen molar-refractivity contribution >= 4 is 5.91 Å². The van der Waals surface area contributed by atoms with Gasteiger partial charge in [0.15, 0.2) is 0 Å². The highest BCUT2D eigenvalue weighted by atomic mass is 16.5. The van der Waals surface area contributed by atoms with E-state index >= 15 is 0 Å². The van der Waals surface area contributed by atoms with E-state index < -0.39 is 0 Å². The Labute approximate surface area is 170 Å².